The third-order valence-electron chi connectivity index (χ3n) is 5.92. The Morgan fingerprint density at radius 1 is 1.12 bits per heavy atom. The molecule has 0 radical (unpaired) electrons. The van der Waals surface area contributed by atoms with Crippen LogP contribution in [0.2, 0.25) is 0 Å². The van der Waals surface area contributed by atoms with E-state index in [0.717, 1.165) is 17.7 Å². The van der Waals surface area contributed by atoms with Gasteiger partial charge in [0.2, 0.25) is 5.91 Å². The van der Waals surface area contributed by atoms with E-state index in [1.165, 1.54) is 6.07 Å². The summed E-state index contributed by atoms with van der Waals surface area (Å²) in [5, 5.41) is 8.90. The Hall–Kier alpha value is -3.07. The van der Waals surface area contributed by atoms with Crippen LogP contribution in [0.15, 0.2) is 48.5 Å². The fourth-order valence-corrected chi connectivity index (χ4v) is 4.17. The molecule has 0 spiro atoms. The van der Waals surface area contributed by atoms with Gasteiger partial charge in [0.15, 0.2) is 6.61 Å². The van der Waals surface area contributed by atoms with Crippen LogP contribution in [0.25, 0.3) is 0 Å². The lowest BCUT2D eigenvalue weighted by Crippen LogP contribution is -2.57. The molecule has 0 aliphatic carbocycles. The maximum atomic E-state index is 13.3. The molecular weight excluding hydrogens is 449 g/mol. The molecule has 1 aliphatic heterocycles. The number of hydrogen-bond acceptors (Lipinski definition) is 4. The molecule has 0 aromatic heterocycles. The summed E-state index contributed by atoms with van der Waals surface area (Å²) in [5.41, 5.74) is 0.381. The number of aliphatic carboxylic acids is 1. The number of ether oxygens (including phenoxy) is 1. The zero-order valence-electron chi connectivity index (χ0n) is 19.2. The van der Waals surface area contributed by atoms with Crippen LogP contribution < -0.4 is 4.74 Å². The summed E-state index contributed by atoms with van der Waals surface area (Å²) < 4.78 is 45.1. The van der Waals surface area contributed by atoms with Gasteiger partial charge in [0, 0.05) is 37.8 Å². The molecule has 1 heterocycles. The van der Waals surface area contributed by atoms with Gasteiger partial charge in [-0.05, 0) is 29.7 Å². The number of halogens is 3. The van der Waals surface area contributed by atoms with Crippen LogP contribution in [-0.2, 0) is 28.7 Å². The molecule has 0 saturated carbocycles. The third-order valence-corrected chi connectivity index (χ3v) is 5.92. The number of piperazine rings is 1. The van der Waals surface area contributed by atoms with E-state index in [2.05, 4.69) is 0 Å². The largest absolute Gasteiger partial charge is 0.482 e. The lowest BCUT2D eigenvalue weighted by molar-refractivity contribution is -0.140. The highest BCUT2D eigenvalue weighted by Gasteiger charge is 2.34. The molecule has 9 heteroatoms. The molecule has 1 fully saturated rings. The Balaban J connectivity index is 1.76. The minimum absolute atomic E-state index is 0.0223. The van der Waals surface area contributed by atoms with Crippen molar-refractivity contribution in [3.8, 4) is 5.75 Å². The molecule has 1 aliphatic rings. The Kier molecular flexibility index (Phi) is 8.19. The molecule has 1 saturated heterocycles. The van der Waals surface area contributed by atoms with E-state index in [9.17, 15) is 22.8 Å². The van der Waals surface area contributed by atoms with Crippen molar-refractivity contribution in [1.82, 2.24) is 9.80 Å². The van der Waals surface area contributed by atoms with E-state index < -0.39 is 24.3 Å². The Bertz CT molecular complexity index is 995. The van der Waals surface area contributed by atoms with Crippen LogP contribution in [0.4, 0.5) is 13.2 Å². The number of rotatable bonds is 8. The number of carboxylic acids is 1. The highest BCUT2D eigenvalue weighted by molar-refractivity contribution is 5.79. The molecule has 1 amide bonds. The van der Waals surface area contributed by atoms with Gasteiger partial charge in [-0.15, -0.1) is 0 Å². The number of carboxylic acid groups (broad SMARTS) is 1. The summed E-state index contributed by atoms with van der Waals surface area (Å²) in [4.78, 5) is 27.8. The second-order valence-electron chi connectivity index (χ2n) is 8.80. The summed E-state index contributed by atoms with van der Waals surface area (Å²) >= 11 is 0. The molecule has 0 unspecified atom stereocenters. The minimum atomic E-state index is -4.52. The average molecular weight is 479 g/mol. The second-order valence-corrected chi connectivity index (χ2v) is 8.80. The van der Waals surface area contributed by atoms with Crippen LogP contribution in [-0.4, -0.2) is 59.1 Å². The molecule has 184 valence electrons. The first-order valence-electron chi connectivity index (χ1n) is 11.1. The van der Waals surface area contributed by atoms with E-state index in [0.29, 0.717) is 26.1 Å². The van der Waals surface area contributed by atoms with Crippen molar-refractivity contribution < 1.29 is 32.6 Å². The predicted molar refractivity (Wildman–Crippen MR) is 120 cm³/mol. The molecule has 0 bridgehead atoms. The van der Waals surface area contributed by atoms with E-state index in [-0.39, 0.29) is 35.7 Å². The van der Waals surface area contributed by atoms with Gasteiger partial charge in [0.1, 0.15) is 5.75 Å². The van der Waals surface area contributed by atoms with Crippen LogP contribution in [0.1, 0.15) is 30.5 Å². The molecule has 6 nitrogen and oxygen atoms in total. The number of carbonyl (C=O) groups is 2. The summed E-state index contributed by atoms with van der Waals surface area (Å²) in [7, 11) is 0. The zero-order valence-corrected chi connectivity index (χ0v) is 19.2. The standard InChI is InChI=1S/C25H29F3N2O4/c1-17(2)21-15-29(10-11-30(21)23(31)12-18-6-4-3-5-7-18)14-19-13-20(25(26,27)28)8-9-22(19)34-16-24(32)33/h3-9,13,17,21H,10-12,14-16H2,1-2H3,(H,32,33)/t21-/m1/s1. The van der Waals surface area contributed by atoms with Crippen molar-refractivity contribution in [2.75, 3.05) is 26.2 Å². The van der Waals surface area contributed by atoms with E-state index in [1.54, 1.807) is 0 Å². The van der Waals surface area contributed by atoms with Crippen molar-refractivity contribution in [3.05, 3.63) is 65.2 Å². The number of nitrogens with zero attached hydrogens (tertiary/aromatic N) is 2. The van der Waals surface area contributed by atoms with Gasteiger partial charge in [-0.2, -0.15) is 13.2 Å². The lowest BCUT2D eigenvalue weighted by Gasteiger charge is -2.43. The molecule has 2 aromatic carbocycles. The zero-order chi connectivity index (χ0) is 24.9. The summed E-state index contributed by atoms with van der Waals surface area (Å²) in [6.07, 6.45) is -4.23. The number of amides is 1. The van der Waals surface area contributed by atoms with Gasteiger partial charge in [-0.1, -0.05) is 44.2 Å². The maximum Gasteiger partial charge on any atom is 0.416 e. The minimum Gasteiger partial charge on any atom is -0.482 e. The van der Waals surface area contributed by atoms with Crippen molar-refractivity contribution in [2.24, 2.45) is 5.92 Å². The van der Waals surface area contributed by atoms with Crippen LogP contribution in [0.3, 0.4) is 0 Å². The van der Waals surface area contributed by atoms with Gasteiger partial charge in [0.25, 0.3) is 0 Å². The number of alkyl halides is 3. The number of carbonyl (C=O) groups excluding carboxylic acids is 1. The molecule has 34 heavy (non-hydrogen) atoms. The van der Waals surface area contributed by atoms with Crippen LogP contribution >= 0.6 is 0 Å². The normalized spacial score (nSPS) is 17.1. The SMILES string of the molecule is CC(C)[C@H]1CN(Cc2cc(C(F)(F)F)ccc2OCC(=O)O)CCN1C(=O)Cc1ccccc1. The molecule has 3 rings (SSSR count). The smallest absolute Gasteiger partial charge is 0.416 e. The van der Waals surface area contributed by atoms with Gasteiger partial charge < -0.3 is 14.7 Å². The highest BCUT2D eigenvalue weighted by Crippen LogP contribution is 2.33. The first-order valence-corrected chi connectivity index (χ1v) is 11.1. The Morgan fingerprint density at radius 2 is 1.82 bits per heavy atom. The van der Waals surface area contributed by atoms with Gasteiger partial charge >= 0.3 is 12.1 Å². The molecule has 2 aromatic rings. The average Bonchev–Trinajstić information content (AvgIpc) is 2.78. The fourth-order valence-electron chi connectivity index (χ4n) is 4.17. The third kappa shape index (κ3) is 6.72. The van der Waals surface area contributed by atoms with Crippen LogP contribution in [0, 0.1) is 5.92 Å². The first kappa shape index (κ1) is 25.6. The van der Waals surface area contributed by atoms with Crippen molar-refractivity contribution >= 4 is 11.9 Å². The molecule has 1 N–H and O–H groups in total. The topological polar surface area (TPSA) is 70.1 Å². The highest BCUT2D eigenvalue weighted by atomic mass is 19.4. The monoisotopic (exact) mass is 478 g/mol. The Morgan fingerprint density at radius 3 is 2.44 bits per heavy atom. The first-order chi connectivity index (χ1) is 16.0. The number of hydrogen-bond donors (Lipinski definition) is 1. The molecule has 1 atom stereocenters. The van der Waals surface area contributed by atoms with Crippen molar-refractivity contribution in [3.63, 3.8) is 0 Å². The summed E-state index contributed by atoms with van der Waals surface area (Å²) in [6, 6.07) is 12.5. The lowest BCUT2D eigenvalue weighted by atomic mass is 9.97. The van der Waals surface area contributed by atoms with Crippen molar-refractivity contribution in [2.45, 2.75) is 39.0 Å². The summed E-state index contributed by atoms with van der Waals surface area (Å²) in [5.74, 6) is -0.934. The van der Waals surface area contributed by atoms with Gasteiger partial charge in [-0.25, -0.2) is 4.79 Å². The second kappa shape index (κ2) is 10.9. The predicted octanol–water partition coefficient (Wildman–Crippen LogP) is 4.08. The van der Waals surface area contributed by atoms with Gasteiger partial charge in [0.05, 0.1) is 12.0 Å². The molecular formula is C25H29F3N2O4. The van der Waals surface area contributed by atoms with E-state index >= 15 is 0 Å². The van der Waals surface area contributed by atoms with E-state index in [1.807, 2.05) is 54.0 Å². The van der Waals surface area contributed by atoms with Crippen molar-refractivity contribution in [1.29, 1.82) is 0 Å². The Labute approximate surface area is 196 Å². The van der Waals surface area contributed by atoms with Gasteiger partial charge in [-0.3, -0.25) is 9.69 Å². The quantitative estimate of drug-likeness (QED) is 0.619. The van der Waals surface area contributed by atoms with E-state index in [4.69, 9.17) is 9.84 Å². The fraction of sp³-hybridized carbons (Fsp3) is 0.440. The maximum absolute atomic E-state index is 13.3. The summed E-state index contributed by atoms with van der Waals surface area (Å²) in [6.45, 7) is 4.98. The number of benzene rings is 2. The van der Waals surface area contributed by atoms with Crippen LogP contribution in [0.5, 0.6) is 5.75 Å².